The minimum atomic E-state index is -1.10. The summed E-state index contributed by atoms with van der Waals surface area (Å²) in [5.41, 5.74) is -4.09. The lowest BCUT2D eigenvalue weighted by Gasteiger charge is -2.65. The molecule has 6 N–H and O–H groups in total. The molecule has 8 aliphatic carbocycles. The zero-order valence-corrected chi connectivity index (χ0v) is 37.1. The number of hydrogen-bond donors (Lipinski definition) is 6. The maximum atomic E-state index is 12.8. The normalized spacial score (nSPS) is 52.1. The van der Waals surface area contributed by atoms with E-state index < -0.39 is 45.4 Å². The van der Waals surface area contributed by atoms with Crippen LogP contribution in [-0.4, -0.2) is 116 Å². The SMILES string of the molecule is C[C@]12CC[C@H]3[C@@H](CC[C@@]4(O)C[C@@H](O)CC[C@]34C=NCCCCN=C[C@]34CC[C@@H](O)C[C@@]3(O)CC[C@H]3[C@@H]4CC[C@]4(C)[C@H](C5=CC(=O)OC5)CC[C@]34O)[C@@]1(O)CC[C@H]2C1=CC(=O)OC1. The first-order valence-corrected chi connectivity index (χ1v) is 24.5. The van der Waals surface area contributed by atoms with Gasteiger partial charge in [0.05, 0.1) is 34.6 Å². The number of aliphatic hydroxyl groups excluding tert-OH is 2. The number of aliphatic imine (C=N–C) groups is 2. The van der Waals surface area contributed by atoms with Crippen LogP contribution in [0.5, 0.6) is 0 Å². The standard InChI is InChI=1S/C50H72N2O10/c1-43-13-7-37-39(49(43,59)19-11-35(43)31-23-41(55)61-27-31)9-17-47(57)25-33(53)5-15-45(37,47)29-51-21-3-4-22-52-30-46-16-6-34(54)26-48(46,58)18-10-40-38(46)8-14-44(2)36(12-20-50(40,44)60)32-24-42(56)62-28-32/h23-24,29-30,33-40,53-54,57-60H,3-22,25-28H2,1-2H3/t33-,34+,35-,36-,37-,38-,39+,40-,43+,44+,45-,46-,47+,48-,49-,50-/m0/s1. The van der Waals surface area contributed by atoms with Crippen LogP contribution in [0, 0.1) is 57.2 Å². The van der Waals surface area contributed by atoms with Crippen LogP contribution in [0.1, 0.15) is 142 Å². The van der Waals surface area contributed by atoms with Crippen LogP contribution < -0.4 is 0 Å². The second kappa shape index (κ2) is 15.0. The van der Waals surface area contributed by atoms with Gasteiger partial charge in [0.15, 0.2) is 0 Å². The van der Waals surface area contributed by atoms with Gasteiger partial charge in [-0.1, -0.05) is 13.8 Å². The van der Waals surface area contributed by atoms with Crippen molar-refractivity contribution in [2.75, 3.05) is 26.3 Å². The molecule has 16 atom stereocenters. The summed E-state index contributed by atoms with van der Waals surface area (Å²) >= 11 is 0. The highest BCUT2D eigenvalue weighted by Gasteiger charge is 2.73. The number of rotatable bonds is 9. The van der Waals surface area contributed by atoms with Crippen molar-refractivity contribution in [3.8, 4) is 0 Å². The number of carbonyl (C=O) groups is 2. The highest BCUT2D eigenvalue weighted by atomic mass is 16.5. The molecule has 0 bridgehead atoms. The number of unbranched alkanes of at least 4 members (excludes halogenated alkanes) is 1. The molecule has 0 aromatic rings. The number of ether oxygens (including phenoxy) is 2. The number of fused-ring (bicyclic) bond motifs is 10. The van der Waals surface area contributed by atoms with Crippen molar-refractivity contribution >= 4 is 24.4 Å². The van der Waals surface area contributed by atoms with E-state index in [9.17, 15) is 40.2 Å². The van der Waals surface area contributed by atoms with Crippen LogP contribution in [0.25, 0.3) is 0 Å². The van der Waals surface area contributed by atoms with Crippen LogP contribution in [0.15, 0.2) is 33.3 Å². The second-order valence-electron chi connectivity index (χ2n) is 22.8. The molecule has 0 saturated heterocycles. The van der Waals surface area contributed by atoms with Gasteiger partial charge in [-0.2, -0.15) is 0 Å². The summed E-state index contributed by atoms with van der Waals surface area (Å²) in [6.45, 7) is 6.18. The van der Waals surface area contributed by atoms with Gasteiger partial charge in [-0.25, -0.2) is 9.59 Å². The highest BCUT2D eigenvalue weighted by molar-refractivity contribution is 5.86. The lowest BCUT2D eigenvalue weighted by molar-refractivity contribution is -0.237. The average molecular weight is 861 g/mol. The number of esters is 2. The van der Waals surface area contributed by atoms with Crippen LogP contribution in [0.2, 0.25) is 0 Å². The Morgan fingerprint density at radius 2 is 0.968 bits per heavy atom. The second-order valence-corrected chi connectivity index (χ2v) is 22.8. The quantitative estimate of drug-likeness (QED) is 0.100. The molecule has 0 radical (unpaired) electrons. The average Bonchev–Trinajstić information content (AvgIpc) is 3.98. The minimum absolute atomic E-state index is 0.0156. The lowest BCUT2D eigenvalue weighted by atomic mass is 9.41. The van der Waals surface area contributed by atoms with E-state index in [0.717, 1.165) is 62.5 Å². The number of cyclic esters (lactones) is 2. The van der Waals surface area contributed by atoms with Crippen molar-refractivity contribution in [3.63, 3.8) is 0 Å². The van der Waals surface area contributed by atoms with E-state index in [4.69, 9.17) is 19.5 Å². The topological polar surface area (TPSA) is 199 Å². The third-order valence-corrected chi connectivity index (χ3v) is 20.7. The molecule has 12 heteroatoms. The van der Waals surface area contributed by atoms with E-state index in [1.54, 1.807) is 12.2 Å². The Morgan fingerprint density at radius 1 is 0.565 bits per heavy atom. The van der Waals surface area contributed by atoms with Crippen molar-refractivity contribution in [1.82, 2.24) is 0 Å². The molecule has 62 heavy (non-hydrogen) atoms. The monoisotopic (exact) mass is 861 g/mol. The molecule has 12 nitrogen and oxygen atoms in total. The van der Waals surface area contributed by atoms with Gasteiger partial charge in [0.25, 0.3) is 0 Å². The molecule has 0 spiro atoms. The van der Waals surface area contributed by atoms with Gasteiger partial charge in [-0.3, -0.25) is 9.98 Å². The molecular formula is C50H72N2O10. The number of aliphatic hydroxyl groups is 6. The summed E-state index contributed by atoms with van der Waals surface area (Å²) in [6, 6.07) is 0. The molecule has 2 aliphatic heterocycles. The third kappa shape index (κ3) is 6.03. The van der Waals surface area contributed by atoms with E-state index in [2.05, 4.69) is 13.8 Å². The van der Waals surface area contributed by atoms with Gasteiger partial charge >= 0.3 is 11.9 Å². The van der Waals surface area contributed by atoms with Crippen LogP contribution in [-0.2, 0) is 19.1 Å². The van der Waals surface area contributed by atoms with Gasteiger partial charge < -0.3 is 40.1 Å². The molecule has 10 aliphatic rings. The molecule has 8 saturated carbocycles. The summed E-state index contributed by atoms with van der Waals surface area (Å²) < 4.78 is 10.6. The van der Waals surface area contributed by atoms with Crippen LogP contribution in [0.4, 0.5) is 0 Å². The Bertz CT molecular complexity index is 1820. The Balaban J connectivity index is 0.829. The first-order chi connectivity index (χ1) is 29.5. The van der Waals surface area contributed by atoms with Crippen molar-refractivity contribution in [2.45, 2.75) is 177 Å². The van der Waals surface area contributed by atoms with Crippen molar-refractivity contribution in [3.05, 3.63) is 23.3 Å². The number of nitrogens with zero attached hydrogens (tertiary/aromatic N) is 2. The highest BCUT2D eigenvalue weighted by Crippen LogP contribution is 2.72. The molecule has 10 rings (SSSR count). The van der Waals surface area contributed by atoms with E-state index in [-0.39, 0.29) is 58.3 Å². The van der Waals surface area contributed by atoms with E-state index in [0.29, 0.717) is 103 Å². The fourth-order valence-electron chi connectivity index (χ4n) is 17.6. The minimum Gasteiger partial charge on any atom is -0.458 e. The van der Waals surface area contributed by atoms with Crippen LogP contribution in [0.3, 0.4) is 0 Å². The Morgan fingerprint density at radius 3 is 1.35 bits per heavy atom. The summed E-state index contributed by atoms with van der Waals surface area (Å²) in [7, 11) is 0. The predicted molar refractivity (Wildman–Crippen MR) is 231 cm³/mol. The fourth-order valence-corrected chi connectivity index (χ4v) is 17.6. The largest absolute Gasteiger partial charge is 0.458 e. The molecule has 2 heterocycles. The van der Waals surface area contributed by atoms with Crippen LogP contribution >= 0.6 is 0 Å². The molecular weight excluding hydrogens is 789 g/mol. The lowest BCUT2D eigenvalue weighted by Crippen LogP contribution is -2.68. The van der Waals surface area contributed by atoms with Gasteiger partial charge in [-0.15, -0.1) is 0 Å². The molecule has 0 amide bonds. The maximum absolute atomic E-state index is 12.8. The van der Waals surface area contributed by atoms with Gasteiger partial charge in [0, 0.05) is 72.2 Å². The first-order valence-electron chi connectivity index (χ1n) is 24.5. The summed E-state index contributed by atoms with van der Waals surface area (Å²) in [6.07, 6.45) is 19.6. The predicted octanol–water partition coefficient (Wildman–Crippen LogP) is 5.33. The van der Waals surface area contributed by atoms with Crippen molar-refractivity contribution in [1.29, 1.82) is 0 Å². The van der Waals surface area contributed by atoms with Gasteiger partial charge in [0.1, 0.15) is 13.2 Å². The Hall–Kier alpha value is -2.48. The molecule has 342 valence electrons. The van der Waals surface area contributed by atoms with E-state index in [1.165, 1.54) is 0 Å². The van der Waals surface area contributed by atoms with E-state index >= 15 is 0 Å². The van der Waals surface area contributed by atoms with E-state index in [1.807, 2.05) is 12.4 Å². The summed E-state index contributed by atoms with van der Waals surface area (Å²) in [5, 5.41) is 72.2. The van der Waals surface area contributed by atoms with Crippen molar-refractivity contribution in [2.24, 2.45) is 67.2 Å². The number of hydrogen-bond acceptors (Lipinski definition) is 12. The Kier molecular flexibility index (Phi) is 10.5. The smallest absolute Gasteiger partial charge is 0.331 e. The summed E-state index contributed by atoms with van der Waals surface area (Å²) in [4.78, 5) is 34.2. The molecule has 0 aromatic heterocycles. The molecule has 8 fully saturated rings. The number of carbonyl (C=O) groups excluding carboxylic acids is 2. The summed E-state index contributed by atoms with van der Waals surface area (Å²) in [5.74, 6) is -0.373. The zero-order chi connectivity index (χ0) is 43.6. The molecule has 0 aromatic carbocycles. The molecule has 0 unspecified atom stereocenters. The first kappa shape index (κ1) is 43.4. The van der Waals surface area contributed by atoms with Gasteiger partial charge in [0.2, 0.25) is 0 Å². The fraction of sp³-hybridized carbons (Fsp3) is 0.840. The zero-order valence-electron chi connectivity index (χ0n) is 37.1. The Labute approximate surface area is 366 Å². The maximum Gasteiger partial charge on any atom is 0.331 e. The van der Waals surface area contributed by atoms with Crippen molar-refractivity contribution < 1.29 is 49.7 Å². The third-order valence-electron chi connectivity index (χ3n) is 20.7. The van der Waals surface area contributed by atoms with Gasteiger partial charge in [-0.05, 0) is 162 Å².